The SMILES string of the molecule is CC1CC(=O)N(CCCCCCNC(=O)N2CC[C@H](C)C2)C1=O. The highest BCUT2D eigenvalue weighted by Gasteiger charge is 2.34. The fraction of sp³-hybridized carbons (Fsp3) is 0.824. The molecule has 1 unspecified atom stereocenters. The quantitative estimate of drug-likeness (QED) is 0.575. The van der Waals surface area contributed by atoms with Crippen molar-refractivity contribution < 1.29 is 14.4 Å². The molecule has 0 aromatic heterocycles. The zero-order chi connectivity index (χ0) is 16.8. The third-order valence-electron chi connectivity index (χ3n) is 4.77. The van der Waals surface area contributed by atoms with Crippen molar-refractivity contribution in [3.8, 4) is 0 Å². The van der Waals surface area contributed by atoms with Crippen LogP contribution < -0.4 is 5.32 Å². The molecule has 0 aromatic carbocycles. The highest BCUT2D eigenvalue weighted by atomic mass is 16.2. The first-order chi connectivity index (χ1) is 11.0. The number of amides is 4. The molecule has 2 aliphatic rings. The van der Waals surface area contributed by atoms with Gasteiger partial charge in [0.1, 0.15) is 0 Å². The molecule has 0 aromatic rings. The summed E-state index contributed by atoms with van der Waals surface area (Å²) in [5.41, 5.74) is 0. The van der Waals surface area contributed by atoms with E-state index in [1.54, 1.807) is 0 Å². The van der Waals surface area contributed by atoms with Crippen LogP contribution in [0.3, 0.4) is 0 Å². The zero-order valence-corrected chi connectivity index (χ0v) is 14.3. The van der Waals surface area contributed by atoms with Gasteiger partial charge in [-0.05, 0) is 25.2 Å². The number of carbonyl (C=O) groups excluding carboxylic acids is 3. The monoisotopic (exact) mass is 323 g/mol. The standard InChI is InChI=1S/C17H29N3O3/c1-13-7-10-19(12-13)17(23)18-8-5-3-4-6-9-20-15(21)11-14(2)16(20)22/h13-14H,3-12H2,1-2H3,(H,18,23)/t13-,14?/m0/s1. The van der Waals surface area contributed by atoms with Gasteiger partial charge in [0.2, 0.25) is 11.8 Å². The number of hydrogen-bond donors (Lipinski definition) is 1. The van der Waals surface area contributed by atoms with E-state index in [2.05, 4.69) is 12.2 Å². The molecule has 0 radical (unpaired) electrons. The van der Waals surface area contributed by atoms with Crippen molar-refractivity contribution in [1.29, 1.82) is 0 Å². The number of nitrogens with zero attached hydrogens (tertiary/aromatic N) is 2. The molecule has 130 valence electrons. The largest absolute Gasteiger partial charge is 0.338 e. The Morgan fingerprint density at radius 2 is 1.91 bits per heavy atom. The van der Waals surface area contributed by atoms with Crippen LogP contribution in [0.25, 0.3) is 0 Å². The van der Waals surface area contributed by atoms with Gasteiger partial charge in [-0.25, -0.2) is 4.79 Å². The first kappa shape index (κ1) is 17.8. The molecular formula is C17H29N3O3. The summed E-state index contributed by atoms with van der Waals surface area (Å²) in [5.74, 6) is 0.405. The maximum Gasteiger partial charge on any atom is 0.317 e. The van der Waals surface area contributed by atoms with Crippen LogP contribution in [0.5, 0.6) is 0 Å². The van der Waals surface area contributed by atoms with E-state index in [0.717, 1.165) is 45.2 Å². The van der Waals surface area contributed by atoms with Crippen LogP contribution in [-0.2, 0) is 9.59 Å². The molecule has 2 atom stereocenters. The Kier molecular flexibility index (Phi) is 6.42. The Bertz CT molecular complexity index is 452. The molecule has 0 aliphatic carbocycles. The fourth-order valence-electron chi connectivity index (χ4n) is 3.26. The summed E-state index contributed by atoms with van der Waals surface area (Å²) in [6.45, 7) is 6.95. The number of urea groups is 1. The average molecular weight is 323 g/mol. The van der Waals surface area contributed by atoms with E-state index in [1.165, 1.54) is 4.90 Å². The van der Waals surface area contributed by atoms with Crippen molar-refractivity contribution in [2.75, 3.05) is 26.2 Å². The summed E-state index contributed by atoms with van der Waals surface area (Å²) in [6.07, 6.45) is 5.22. The number of imide groups is 1. The minimum Gasteiger partial charge on any atom is -0.338 e. The minimum atomic E-state index is -0.147. The summed E-state index contributed by atoms with van der Waals surface area (Å²) in [5, 5.41) is 2.97. The summed E-state index contributed by atoms with van der Waals surface area (Å²) < 4.78 is 0. The summed E-state index contributed by atoms with van der Waals surface area (Å²) >= 11 is 0. The Morgan fingerprint density at radius 3 is 2.52 bits per heavy atom. The number of rotatable bonds is 7. The Morgan fingerprint density at radius 1 is 1.17 bits per heavy atom. The third-order valence-corrected chi connectivity index (χ3v) is 4.77. The molecule has 2 aliphatic heterocycles. The minimum absolute atomic E-state index is 0.0258. The van der Waals surface area contributed by atoms with Gasteiger partial charge < -0.3 is 10.2 Å². The van der Waals surface area contributed by atoms with Crippen molar-refractivity contribution in [3.63, 3.8) is 0 Å². The molecular weight excluding hydrogens is 294 g/mol. The molecule has 2 rings (SSSR count). The second-order valence-electron chi connectivity index (χ2n) is 6.97. The summed E-state index contributed by atoms with van der Waals surface area (Å²) in [4.78, 5) is 38.6. The lowest BCUT2D eigenvalue weighted by Crippen LogP contribution is -2.38. The van der Waals surface area contributed by atoms with Gasteiger partial charge in [0.25, 0.3) is 0 Å². The van der Waals surface area contributed by atoms with Crippen molar-refractivity contribution in [3.05, 3.63) is 0 Å². The van der Waals surface area contributed by atoms with Gasteiger partial charge in [0, 0.05) is 38.5 Å². The molecule has 2 fully saturated rings. The highest BCUT2D eigenvalue weighted by Crippen LogP contribution is 2.19. The average Bonchev–Trinajstić information content (AvgIpc) is 3.04. The maximum atomic E-state index is 11.9. The van der Waals surface area contributed by atoms with E-state index in [9.17, 15) is 14.4 Å². The van der Waals surface area contributed by atoms with Crippen molar-refractivity contribution in [1.82, 2.24) is 15.1 Å². The molecule has 4 amide bonds. The van der Waals surface area contributed by atoms with Gasteiger partial charge >= 0.3 is 6.03 Å². The van der Waals surface area contributed by atoms with Gasteiger partial charge in [-0.15, -0.1) is 0 Å². The van der Waals surface area contributed by atoms with E-state index in [1.807, 2.05) is 11.8 Å². The second kappa shape index (κ2) is 8.31. The van der Waals surface area contributed by atoms with Crippen LogP contribution >= 0.6 is 0 Å². The van der Waals surface area contributed by atoms with E-state index in [0.29, 0.717) is 25.4 Å². The fourth-order valence-corrected chi connectivity index (χ4v) is 3.26. The summed E-state index contributed by atoms with van der Waals surface area (Å²) in [7, 11) is 0. The van der Waals surface area contributed by atoms with Crippen LogP contribution in [-0.4, -0.2) is 53.8 Å². The molecule has 1 N–H and O–H groups in total. The molecule has 2 heterocycles. The number of hydrogen-bond acceptors (Lipinski definition) is 3. The zero-order valence-electron chi connectivity index (χ0n) is 14.3. The van der Waals surface area contributed by atoms with Gasteiger partial charge in [0.15, 0.2) is 0 Å². The lowest BCUT2D eigenvalue weighted by atomic mass is 10.1. The predicted molar refractivity (Wildman–Crippen MR) is 87.7 cm³/mol. The topological polar surface area (TPSA) is 69.7 Å². The van der Waals surface area contributed by atoms with Crippen molar-refractivity contribution in [2.24, 2.45) is 11.8 Å². The molecule has 0 saturated carbocycles. The molecule has 23 heavy (non-hydrogen) atoms. The maximum absolute atomic E-state index is 11.9. The van der Waals surface area contributed by atoms with Crippen LogP contribution in [0.4, 0.5) is 4.79 Å². The third kappa shape index (κ3) is 4.94. The second-order valence-corrected chi connectivity index (χ2v) is 6.97. The van der Waals surface area contributed by atoms with E-state index < -0.39 is 0 Å². The number of likely N-dealkylation sites (tertiary alicyclic amines) is 2. The molecule has 6 nitrogen and oxygen atoms in total. The lowest BCUT2D eigenvalue weighted by molar-refractivity contribution is -0.139. The van der Waals surface area contributed by atoms with Crippen LogP contribution in [0.15, 0.2) is 0 Å². The van der Waals surface area contributed by atoms with Crippen LogP contribution in [0.1, 0.15) is 52.4 Å². The van der Waals surface area contributed by atoms with Gasteiger partial charge in [0.05, 0.1) is 0 Å². The lowest BCUT2D eigenvalue weighted by Gasteiger charge is -2.17. The Labute approximate surface area is 138 Å². The Hall–Kier alpha value is -1.59. The van der Waals surface area contributed by atoms with Crippen LogP contribution in [0.2, 0.25) is 0 Å². The van der Waals surface area contributed by atoms with E-state index in [4.69, 9.17) is 0 Å². The van der Waals surface area contributed by atoms with Crippen LogP contribution in [0, 0.1) is 11.8 Å². The molecule has 6 heteroatoms. The van der Waals surface area contributed by atoms with Crippen molar-refractivity contribution >= 4 is 17.8 Å². The van der Waals surface area contributed by atoms with Gasteiger partial charge in [-0.2, -0.15) is 0 Å². The van der Waals surface area contributed by atoms with E-state index >= 15 is 0 Å². The first-order valence-corrected chi connectivity index (χ1v) is 8.86. The predicted octanol–water partition coefficient (Wildman–Crippen LogP) is 1.99. The van der Waals surface area contributed by atoms with Gasteiger partial charge in [-0.1, -0.05) is 26.7 Å². The molecule has 0 bridgehead atoms. The summed E-state index contributed by atoms with van der Waals surface area (Å²) in [6, 6.07) is 0.0524. The number of carbonyl (C=O) groups is 3. The first-order valence-electron chi connectivity index (χ1n) is 8.86. The smallest absolute Gasteiger partial charge is 0.317 e. The van der Waals surface area contributed by atoms with Gasteiger partial charge in [-0.3, -0.25) is 14.5 Å². The number of nitrogens with one attached hydrogen (secondary N) is 1. The molecule has 0 spiro atoms. The highest BCUT2D eigenvalue weighted by molar-refractivity contribution is 6.03. The molecule has 2 saturated heterocycles. The normalized spacial score (nSPS) is 24.6. The van der Waals surface area contributed by atoms with Crippen molar-refractivity contribution in [2.45, 2.75) is 52.4 Å². The number of unbranched alkanes of at least 4 members (excludes halogenated alkanes) is 3. The van der Waals surface area contributed by atoms with E-state index in [-0.39, 0.29) is 23.8 Å². The Balaban J connectivity index is 1.49.